The molecule has 0 N–H and O–H groups in total. The van der Waals surface area contributed by atoms with Crippen molar-refractivity contribution in [2.45, 2.75) is 18.4 Å². The number of hydroxylamine groups is 1. The minimum atomic E-state index is -3.85. The van der Waals surface area contributed by atoms with E-state index in [-0.39, 0.29) is 22.3 Å². The molecule has 30 heavy (non-hydrogen) atoms. The Morgan fingerprint density at radius 3 is 2.10 bits per heavy atom. The molecule has 2 aromatic carbocycles. The van der Waals surface area contributed by atoms with Crippen molar-refractivity contribution in [3.8, 4) is 0 Å². The van der Waals surface area contributed by atoms with E-state index >= 15 is 0 Å². The molecular weight excluding hydrogens is 406 g/mol. The van der Waals surface area contributed by atoms with Gasteiger partial charge >= 0.3 is 0 Å². The highest BCUT2D eigenvalue weighted by molar-refractivity contribution is 7.89. The highest BCUT2D eigenvalue weighted by atomic mass is 32.2. The Balaban J connectivity index is 2.23. The van der Waals surface area contributed by atoms with E-state index in [0.717, 1.165) is 10.0 Å². The Morgan fingerprint density at radius 1 is 0.933 bits per heavy atom. The standard InChI is InChI=1S/C21H27N3O5S/c1-6-24(15-16-10-12-17(13-11-16)20(25)22(2)3)21(26)18-8-7-9-19(14-18)30(27,28)23(4)29-5/h7-14H,6,15H2,1-5H3. The third-order valence-corrected chi connectivity index (χ3v) is 6.30. The first-order chi connectivity index (χ1) is 14.1. The number of hydrogen-bond acceptors (Lipinski definition) is 5. The average molecular weight is 434 g/mol. The van der Waals surface area contributed by atoms with Crippen LogP contribution in [0.15, 0.2) is 53.4 Å². The predicted molar refractivity (Wildman–Crippen MR) is 113 cm³/mol. The second-order valence-corrected chi connectivity index (χ2v) is 8.78. The average Bonchev–Trinajstić information content (AvgIpc) is 2.76. The van der Waals surface area contributed by atoms with Gasteiger partial charge in [-0.05, 0) is 42.8 Å². The molecular formula is C21H27N3O5S. The van der Waals surface area contributed by atoms with Gasteiger partial charge in [0.1, 0.15) is 0 Å². The van der Waals surface area contributed by atoms with Crippen molar-refractivity contribution < 1.29 is 22.8 Å². The van der Waals surface area contributed by atoms with Crippen LogP contribution in [0.4, 0.5) is 0 Å². The predicted octanol–water partition coefficient (Wildman–Crippen LogP) is 2.23. The first-order valence-corrected chi connectivity index (χ1v) is 10.8. The molecule has 2 amide bonds. The SMILES string of the molecule is CCN(Cc1ccc(C(=O)N(C)C)cc1)C(=O)c1cccc(S(=O)(=O)N(C)OC)c1. The quantitative estimate of drug-likeness (QED) is 0.596. The number of rotatable bonds is 8. The molecule has 2 aromatic rings. The van der Waals surface area contributed by atoms with E-state index in [1.807, 2.05) is 6.92 Å². The van der Waals surface area contributed by atoms with Gasteiger partial charge in [0, 0.05) is 45.4 Å². The van der Waals surface area contributed by atoms with E-state index < -0.39 is 10.0 Å². The molecule has 0 bridgehead atoms. The topological polar surface area (TPSA) is 87.2 Å². The molecule has 0 unspecified atom stereocenters. The third-order valence-electron chi connectivity index (χ3n) is 4.62. The van der Waals surface area contributed by atoms with Crippen LogP contribution in [0.2, 0.25) is 0 Å². The zero-order valence-electron chi connectivity index (χ0n) is 17.8. The number of amides is 2. The Morgan fingerprint density at radius 2 is 1.57 bits per heavy atom. The minimum absolute atomic E-state index is 0.0275. The Labute approximate surface area is 177 Å². The summed E-state index contributed by atoms with van der Waals surface area (Å²) in [6, 6.07) is 12.9. The number of nitrogens with zero attached hydrogens (tertiary/aromatic N) is 3. The lowest BCUT2D eigenvalue weighted by atomic mass is 10.1. The van der Waals surface area contributed by atoms with E-state index in [9.17, 15) is 18.0 Å². The summed E-state index contributed by atoms with van der Waals surface area (Å²) in [5.41, 5.74) is 1.70. The Bertz CT molecular complexity index is 1000. The van der Waals surface area contributed by atoms with E-state index in [0.29, 0.717) is 18.7 Å². The van der Waals surface area contributed by atoms with Gasteiger partial charge < -0.3 is 9.80 Å². The van der Waals surface area contributed by atoms with Gasteiger partial charge in [-0.3, -0.25) is 14.4 Å². The molecule has 0 aliphatic carbocycles. The minimum Gasteiger partial charge on any atom is -0.345 e. The van der Waals surface area contributed by atoms with Gasteiger partial charge in [0.05, 0.1) is 12.0 Å². The molecule has 2 rings (SSSR count). The van der Waals surface area contributed by atoms with Crippen molar-refractivity contribution in [1.82, 2.24) is 14.3 Å². The Kier molecular flexibility index (Phi) is 7.71. The summed E-state index contributed by atoms with van der Waals surface area (Å²) in [5, 5.41) is 0. The van der Waals surface area contributed by atoms with Gasteiger partial charge in [-0.1, -0.05) is 22.7 Å². The number of hydrogen-bond donors (Lipinski definition) is 0. The van der Waals surface area contributed by atoms with Crippen molar-refractivity contribution in [3.05, 3.63) is 65.2 Å². The number of sulfonamides is 1. The van der Waals surface area contributed by atoms with Crippen LogP contribution in [0.25, 0.3) is 0 Å². The maximum atomic E-state index is 13.0. The van der Waals surface area contributed by atoms with Crippen LogP contribution in [0.1, 0.15) is 33.2 Å². The molecule has 0 saturated heterocycles. The van der Waals surface area contributed by atoms with E-state index in [4.69, 9.17) is 4.84 Å². The van der Waals surface area contributed by atoms with Crippen molar-refractivity contribution in [2.75, 3.05) is 34.8 Å². The van der Waals surface area contributed by atoms with Crippen molar-refractivity contribution >= 4 is 21.8 Å². The molecule has 0 spiro atoms. The largest absolute Gasteiger partial charge is 0.345 e. The van der Waals surface area contributed by atoms with Gasteiger partial charge in [0.25, 0.3) is 21.8 Å². The molecule has 0 fully saturated rings. The molecule has 0 radical (unpaired) electrons. The fourth-order valence-electron chi connectivity index (χ4n) is 2.78. The van der Waals surface area contributed by atoms with Gasteiger partial charge in [-0.15, -0.1) is 0 Å². The zero-order valence-corrected chi connectivity index (χ0v) is 18.6. The summed E-state index contributed by atoms with van der Waals surface area (Å²) >= 11 is 0. The van der Waals surface area contributed by atoms with Gasteiger partial charge in [-0.25, -0.2) is 8.42 Å². The first-order valence-electron chi connectivity index (χ1n) is 9.34. The lowest BCUT2D eigenvalue weighted by Gasteiger charge is -2.22. The fourth-order valence-corrected chi connectivity index (χ4v) is 3.80. The van der Waals surface area contributed by atoms with Crippen LogP contribution >= 0.6 is 0 Å². The van der Waals surface area contributed by atoms with Crippen molar-refractivity contribution in [1.29, 1.82) is 0 Å². The monoisotopic (exact) mass is 433 g/mol. The van der Waals surface area contributed by atoms with Crippen molar-refractivity contribution in [3.63, 3.8) is 0 Å². The third kappa shape index (κ3) is 5.24. The lowest BCUT2D eigenvalue weighted by molar-refractivity contribution is -0.0258. The summed E-state index contributed by atoms with van der Waals surface area (Å²) in [5.74, 6) is -0.382. The first kappa shape index (κ1) is 23.5. The molecule has 0 atom stereocenters. The van der Waals surface area contributed by atoms with Crippen LogP contribution in [0.3, 0.4) is 0 Å². The van der Waals surface area contributed by atoms with Crippen LogP contribution in [-0.4, -0.2) is 69.3 Å². The van der Waals surface area contributed by atoms with Gasteiger partial charge in [-0.2, -0.15) is 0 Å². The maximum Gasteiger partial charge on any atom is 0.264 e. The van der Waals surface area contributed by atoms with Gasteiger partial charge in [0.2, 0.25) is 0 Å². The molecule has 0 aromatic heterocycles. The lowest BCUT2D eigenvalue weighted by Crippen LogP contribution is -2.31. The van der Waals surface area contributed by atoms with Crippen LogP contribution in [-0.2, 0) is 21.4 Å². The van der Waals surface area contributed by atoms with Crippen LogP contribution < -0.4 is 0 Å². The summed E-state index contributed by atoms with van der Waals surface area (Å²) in [6.07, 6.45) is 0. The number of benzene rings is 2. The second-order valence-electron chi connectivity index (χ2n) is 6.84. The molecule has 0 saturated carbocycles. The highest BCUT2D eigenvalue weighted by Gasteiger charge is 2.23. The molecule has 9 heteroatoms. The van der Waals surface area contributed by atoms with Crippen LogP contribution in [0, 0.1) is 0 Å². The molecule has 0 aliphatic rings. The fraction of sp³-hybridized carbons (Fsp3) is 0.333. The normalized spacial score (nSPS) is 11.4. The van der Waals surface area contributed by atoms with E-state index in [2.05, 4.69) is 0 Å². The van der Waals surface area contributed by atoms with Gasteiger partial charge in [0.15, 0.2) is 0 Å². The highest BCUT2D eigenvalue weighted by Crippen LogP contribution is 2.18. The maximum absolute atomic E-state index is 13.0. The van der Waals surface area contributed by atoms with Crippen LogP contribution in [0.5, 0.6) is 0 Å². The molecule has 0 heterocycles. The zero-order chi connectivity index (χ0) is 22.5. The summed E-state index contributed by atoms with van der Waals surface area (Å²) in [7, 11) is 2.06. The summed E-state index contributed by atoms with van der Waals surface area (Å²) in [4.78, 5) is 32.9. The molecule has 162 valence electrons. The summed E-state index contributed by atoms with van der Waals surface area (Å²) in [6.45, 7) is 2.62. The van der Waals surface area contributed by atoms with Crippen molar-refractivity contribution in [2.24, 2.45) is 0 Å². The van der Waals surface area contributed by atoms with E-state index in [1.165, 1.54) is 37.3 Å². The summed E-state index contributed by atoms with van der Waals surface area (Å²) < 4.78 is 25.6. The number of carbonyl (C=O) groups excluding carboxylic acids is 2. The Hall–Kier alpha value is -2.75. The molecule has 8 nitrogen and oxygen atoms in total. The molecule has 0 aliphatic heterocycles. The smallest absolute Gasteiger partial charge is 0.264 e. The number of carbonyl (C=O) groups is 2. The van der Waals surface area contributed by atoms with E-state index in [1.54, 1.807) is 49.3 Å². The second kappa shape index (κ2) is 9.84.